The first-order chi connectivity index (χ1) is 8.99. The summed E-state index contributed by atoms with van der Waals surface area (Å²) in [5, 5.41) is 5.63. The van der Waals surface area contributed by atoms with Crippen LogP contribution >= 0.6 is 11.3 Å². The molecule has 0 bridgehead atoms. The molecule has 0 amide bonds. The molecule has 2 rings (SSSR count). The second-order valence-corrected chi connectivity index (χ2v) is 7.46. The van der Waals surface area contributed by atoms with Gasteiger partial charge in [-0.3, -0.25) is 0 Å². The van der Waals surface area contributed by atoms with Gasteiger partial charge in [0.05, 0.1) is 5.69 Å². The molecule has 0 aliphatic carbocycles. The van der Waals surface area contributed by atoms with Gasteiger partial charge in [-0.15, -0.1) is 11.3 Å². The third kappa shape index (κ3) is 3.65. The van der Waals surface area contributed by atoms with Crippen molar-refractivity contribution in [3.05, 3.63) is 40.4 Å². The maximum absolute atomic E-state index is 12.2. The van der Waals surface area contributed by atoms with Crippen molar-refractivity contribution >= 4 is 21.4 Å². The fraction of sp³-hybridized carbons (Fsp3) is 0.417. The van der Waals surface area contributed by atoms with Gasteiger partial charge < -0.3 is 4.52 Å². The van der Waals surface area contributed by atoms with Crippen molar-refractivity contribution < 1.29 is 12.9 Å². The molecule has 19 heavy (non-hydrogen) atoms. The summed E-state index contributed by atoms with van der Waals surface area (Å²) >= 11 is 1.64. The molecule has 0 radical (unpaired) electrons. The zero-order valence-corrected chi connectivity index (χ0v) is 12.4. The van der Waals surface area contributed by atoms with Crippen molar-refractivity contribution in [1.82, 2.24) is 9.46 Å². The maximum atomic E-state index is 12.2. The van der Waals surface area contributed by atoms with Crippen LogP contribution in [0.2, 0.25) is 0 Å². The molecule has 0 spiro atoms. The highest BCUT2D eigenvalue weighted by molar-refractivity contribution is 7.88. The summed E-state index contributed by atoms with van der Waals surface area (Å²) < 4.78 is 30.5. The SMILES string of the molecule is C[C@H](Cc1cccs1)N(C)S(=O)(=O)Cc1ccon1. The van der Waals surface area contributed by atoms with E-state index in [-0.39, 0.29) is 11.8 Å². The van der Waals surface area contributed by atoms with Gasteiger partial charge in [0.25, 0.3) is 0 Å². The molecule has 7 heteroatoms. The molecule has 0 N–H and O–H groups in total. The maximum Gasteiger partial charge on any atom is 0.219 e. The van der Waals surface area contributed by atoms with E-state index in [1.165, 1.54) is 15.4 Å². The van der Waals surface area contributed by atoms with Gasteiger partial charge >= 0.3 is 0 Å². The van der Waals surface area contributed by atoms with Crippen LogP contribution in [0.25, 0.3) is 0 Å². The monoisotopic (exact) mass is 300 g/mol. The lowest BCUT2D eigenvalue weighted by Gasteiger charge is -2.23. The lowest BCUT2D eigenvalue weighted by atomic mass is 10.2. The lowest BCUT2D eigenvalue weighted by molar-refractivity contribution is 0.384. The molecule has 2 aromatic rings. The van der Waals surface area contributed by atoms with Crippen LogP contribution in [0.3, 0.4) is 0 Å². The van der Waals surface area contributed by atoms with E-state index in [2.05, 4.69) is 9.68 Å². The topological polar surface area (TPSA) is 63.4 Å². The summed E-state index contributed by atoms with van der Waals surface area (Å²) in [5.41, 5.74) is 0.426. The van der Waals surface area contributed by atoms with Gasteiger partial charge in [0.1, 0.15) is 12.0 Å². The Balaban J connectivity index is 2.03. The lowest BCUT2D eigenvalue weighted by Crippen LogP contribution is -2.37. The van der Waals surface area contributed by atoms with Crippen LogP contribution in [-0.4, -0.2) is 31.0 Å². The van der Waals surface area contributed by atoms with Gasteiger partial charge in [-0.05, 0) is 24.8 Å². The van der Waals surface area contributed by atoms with Gasteiger partial charge in [0.15, 0.2) is 0 Å². The number of thiophene rings is 1. The van der Waals surface area contributed by atoms with E-state index in [9.17, 15) is 8.42 Å². The van der Waals surface area contributed by atoms with E-state index in [1.54, 1.807) is 24.5 Å². The largest absolute Gasteiger partial charge is 0.364 e. The van der Waals surface area contributed by atoms with Crippen LogP contribution in [0, 0.1) is 0 Å². The minimum atomic E-state index is -3.37. The predicted molar refractivity (Wildman–Crippen MR) is 74.4 cm³/mol. The molecule has 1 atom stereocenters. The van der Waals surface area contributed by atoms with Crippen LogP contribution in [0.4, 0.5) is 0 Å². The summed E-state index contributed by atoms with van der Waals surface area (Å²) in [6, 6.07) is 5.46. The van der Waals surface area contributed by atoms with Crippen LogP contribution in [0.1, 0.15) is 17.5 Å². The molecule has 0 aliphatic heterocycles. The number of aromatic nitrogens is 1. The fourth-order valence-electron chi connectivity index (χ4n) is 1.72. The van der Waals surface area contributed by atoms with Crippen LogP contribution < -0.4 is 0 Å². The Kier molecular flexibility index (Phi) is 4.38. The highest BCUT2D eigenvalue weighted by Crippen LogP contribution is 2.17. The van der Waals surface area contributed by atoms with Crippen molar-refractivity contribution in [1.29, 1.82) is 0 Å². The Morgan fingerprint density at radius 1 is 1.47 bits per heavy atom. The van der Waals surface area contributed by atoms with E-state index in [0.29, 0.717) is 12.1 Å². The summed E-state index contributed by atoms with van der Waals surface area (Å²) in [5.74, 6) is -0.130. The molecule has 104 valence electrons. The smallest absolute Gasteiger partial charge is 0.219 e. The third-order valence-electron chi connectivity index (χ3n) is 2.96. The normalized spacial score (nSPS) is 13.8. The molecule has 2 heterocycles. The van der Waals surface area contributed by atoms with Crippen molar-refractivity contribution in [2.24, 2.45) is 0 Å². The van der Waals surface area contributed by atoms with E-state index in [0.717, 1.165) is 0 Å². The van der Waals surface area contributed by atoms with Crippen molar-refractivity contribution in [2.75, 3.05) is 7.05 Å². The number of hydrogen-bond donors (Lipinski definition) is 0. The Bertz CT molecular complexity index is 591. The second kappa shape index (κ2) is 5.85. The first kappa shape index (κ1) is 14.2. The number of likely N-dealkylation sites (N-methyl/N-ethyl adjacent to an activating group) is 1. The Morgan fingerprint density at radius 3 is 2.84 bits per heavy atom. The molecule has 5 nitrogen and oxygen atoms in total. The number of rotatable bonds is 6. The first-order valence-electron chi connectivity index (χ1n) is 5.86. The summed E-state index contributed by atoms with van der Waals surface area (Å²) in [6.45, 7) is 1.90. The summed E-state index contributed by atoms with van der Waals surface area (Å²) in [6.07, 6.45) is 2.09. The molecular weight excluding hydrogens is 284 g/mol. The van der Waals surface area contributed by atoms with Gasteiger partial charge in [0.2, 0.25) is 10.0 Å². The van der Waals surface area contributed by atoms with Crippen molar-refractivity contribution in [2.45, 2.75) is 25.1 Å². The average Bonchev–Trinajstić information content (AvgIpc) is 3.00. The van der Waals surface area contributed by atoms with Gasteiger partial charge in [0, 0.05) is 24.0 Å². The molecule has 0 saturated carbocycles. The van der Waals surface area contributed by atoms with E-state index < -0.39 is 10.0 Å². The Labute approximate surface area is 116 Å². The number of nitrogens with zero attached hydrogens (tertiary/aromatic N) is 2. The molecule has 0 unspecified atom stereocenters. The zero-order valence-electron chi connectivity index (χ0n) is 10.8. The van der Waals surface area contributed by atoms with E-state index in [4.69, 9.17) is 0 Å². The number of sulfonamides is 1. The minimum absolute atomic E-state index is 0.0875. The summed E-state index contributed by atoms with van der Waals surface area (Å²) in [4.78, 5) is 1.18. The molecular formula is C12H16N2O3S2. The first-order valence-corrected chi connectivity index (χ1v) is 8.35. The third-order valence-corrected chi connectivity index (χ3v) is 5.75. The van der Waals surface area contributed by atoms with E-state index >= 15 is 0 Å². The van der Waals surface area contributed by atoms with Gasteiger partial charge in [-0.1, -0.05) is 11.2 Å². The molecule has 2 aromatic heterocycles. The fourth-order valence-corrected chi connectivity index (χ4v) is 3.90. The minimum Gasteiger partial charge on any atom is -0.364 e. The average molecular weight is 300 g/mol. The zero-order chi connectivity index (χ0) is 13.9. The van der Waals surface area contributed by atoms with Gasteiger partial charge in [-0.2, -0.15) is 0 Å². The highest BCUT2D eigenvalue weighted by atomic mass is 32.2. The predicted octanol–water partition coefficient (Wildman–Crippen LogP) is 2.13. The highest BCUT2D eigenvalue weighted by Gasteiger charge is 2.24. The standard InChI is InChI=1S/C12H16N2O3S2/c1-10(8-12-4-3-7-18-12)14(2)19(15,16)9-11-5-6-17-13-11/h3-7,10H,8-9H2,1-2H3/t10-/m1/s1. The molecule has 0 aliphatic rings. The van der Waals surface area contributed by atoms with Crippen LogP contribution in [-0.2, 0) is 22.2 Å². The Morgan fingerprint density at radius 2 is 2.26 bits per heavy atom. The second-order valence-electron chi connectivity index (χ2n) is 4.40. The van der Waals surface area contributed by atoms with Crippen LogP contribution in [0.15, 0.2) is 34.4 Å². The molecule has 0 fully saturated rings. The van der Waals surface area contributed by atoms with Crippen molar-refractivity contribution in [3.8, 4) is 0 Å². The summed E-state index contributed by atoms with van der Waals surface area (Å²) in [7, 11) is -1.77. The molecule has 0 saturated heterocycles. The van der Waals surface area contributed by atoms with Gasteiger partial charge in [-0.25, -0.2) is 12.7 Å². The Hall–Kier alpha value is -1.18. The van der Waals surface area contributed by atoms with Crippen molar-refractivity contribution in [3.63, 3.8) is 0 Å². The van der Waals surface area contributed by atoms with Crippen LogP contribution in [0.5, 0.6) is 0 Å². The van der Waals surface area contributed by atoms with E-state index in [1.807, 2.05) is 24.4 Å². The number of hydrogen-bond acceptors (Lipinski definition) is 5. The quantitative estimate of drug-likeness (QED) is 0.820. The molecule has 0 aromatic carbocycles.